The molecule has 102 valence electrons. The van der Waals surface area contributed by atoms with Gasteiger partial charge in [-0.25, -0.2) is 4.79 Å². The number of nitrogens with zero attached hydrogens (tertiary/aromatic N) is 1. The molecule has 4 atom stereocenters. The maximum absolute atomic E-state index is 11.9. The van der Waals surface area contributed by atoms with E-state index in [0.717, 1.165) is 0 Å². The van der Waals surface area contributed by atoms with Crippen LogP contribution in [-0.2, 0) is 19.1 Å². The third-order valence-corrected chi connectivity index (χ3v) is 3.81. The average molecular weight is 263 g/mol. The van der Waals surface area contributed by atoms with Crippen molar-refractivity contribution in [3.8, 4) is 6.07 Å². The summed E-state index contributed by atoms with van der Waals surface area (Å²) in [6.07, 6.45) is -0.384. The lowest BCUT2D eigenvalue weighted by atomic mass is 9.99. The van der Waals surface area contributed by atoms with Crippen molar-refractivity contribution in [2.45, 2.75) is 38.9 Å². The summed E-state index contributed by atoms with van der Waals surface area (Å²) in [5.41, 5.74) is 0.393. The van der Waals surface area contributed by atoms with E-state index in [2.05, 4.69) is 12.6 Å². The Morgan fingerprint density at radius 3 is 2.84 bits per heavy atom. The quantitative estimate of drug-likeness (QED) is 0.570. The molecule has 5 nitrogen and oxygen atoms in total. The highest BCUT2D eigenvalue weighted by molar-refractivity contribution is 5.88. The maximum atomic E-state index is 11.9. The summed E-state index contributed by atoms with van der Waals surface area (Å²) in [7, 11) is 0. The zero-order valence-corrected chi connectivity index (χ0v) is 11.1. The van der Waals surface area contributed by atoms with Crippen molar-refractivity contribution in [1.29, 1.82) is 5.26 Å². The van der Waals surface area contributed by atoms with Crippen LogP contribution in [0.4, 0.5) is 0 Å². The van der Waals surface area contributed by atoms with E-state index >= 15 is 0 Å². The van der Waals surface area contributed by atoms with Gasteiger partial charge in [-0.3, -0.25) is 4.79 Å². The number of nitriles is 1. The molecule has 2 rings (SSSR count). The Balaban J connectivity index is 2.09. The van der Waals surface area contributed by atoms with Crippen molar-refractivity contribution in [2.24, 2.45) is 17.8 Å². The topological polar surface area (TPSA) is 76.4 Å². The van der Waals surface area contributed by atoms with Crippen LogP contribution < -0.4 is 0 Å². The van der Waals surface area contributed by atoms with Gasteiger partial charge in [-0.2, -0.15) is 5.26 Å². The zero-order chi connectivity index (χ0) is 14.2. The van der Waals surface area contributed by atoms with Crippen LogP contribution in [0.5, 0.6) is 0 Å². The first kappa shape index (κ1) is 13.6. The van der Waals surface area contributed by atoms with E-state index in [-0.39, 0.29) is 30.1 Å². The molecule has 0 aromatic heterocycles. The summed E-state index contributed by atoms with van der Waals surface area (Å²) in [5, 5.41) is 9.05. The van der Waals surface area contributed by atoms with Crippen molar-refractivity contribution < 1.29 is 19.1 Å². The molecular weight excluding hydrogens is 246 g/mol. The molecule has 1 saturated carbocycles. The molecule has 1 saturated heterocycles. The van der Waals surface area contributed by atoms with E-state index in [0.29, 0.717) is 12.0 Å². The summed E-state index contributed by atoms with van der Waals surface area (Å²) < 4.78 is 10.6. The van der Waals surface area contributed by atoms with Gasteiger partial charge in [-0.1, -0.05) is 20.4 Å². The fraction of sp³-hybridized carbons (Fsp3) is 0.643. The number of hydrogen-bond donors (Lipinski definition) is 0. The molecule has 0 spiro atoms. The molecule has 0 aromatic carbocycles. The molecular formula is C14H17NO4. The SMILES string of the molecule is C=C(C(=O)OC1C2CC(=O)OC1C(C#N)C2)C(C)C. The molecule has 1 aliphatic carbocycles. The van der Waals surface area contributed by atoms with Crippen molar-refractivity contribution in [3.05, 3.63) is 12.2 Å². The van der Waals surface area contributed by atoms with Crippen LogP contribution in [-0.4, -0.2) is 24.1 Å². The molecule has 0 amide bonds. The molecule has 2 aliphatic rings. The summed E-state index contributed by atoms with van der Waals surface area (Å²) in [6, 6.07) is 2.12. The summed E-state index contributed by atoms with van der Waals surface area (Å²) in [4.78, 5) is 23.3. The number of esters is 2. The van der Waals surface area contributed by atoms with Crippen molar-refractivity contribution in [1.82, 2.24) is 0 Å². The number of hydrogen-bond acceptors (Lipinski definition) is 5. The Kier molecular flexibility index (Phi) is 3.61. The molecule has 2 bridgehead atoms. The van der Waals surface area contributed by atoms with Crippen LogP contribution >= 0.6 is 0 Å². The fourth-order valence-corrected chi connectivity index (χ4v) is 2.58. The van der Waals surface area contributed by atoms with Gasteiger partial charge in [0.15, 0.2) is 6.10 Å². The standard InChI is InChI=1S/C14H17NO4/c1-7(2)8(3)14(17)19-12-9-4-10(6-15)13(12)18-11(16)5-9/h7,9-10,12-13H,3-5H2,1-2H3. The van der Waals surface area contributed by atoms with Gasteiger partial charge in [-0.15, -0.1) is 0 Å². The molecule has 0 aromatic rings. The van der Waals surface area contributed by atoms with Gasteiger partial charge in [0.2, 0.25) is 0 Å². The molecule has 0 N–H and O–H groups in total. The van der Waals surface area contributed by atoms with Gasteiger partial charge in [-0.05, 0) is 12.3 Å². The highest BCUT2D eigenvalue weighted by Crippen LogP contribution is 2.41. The molecule has 2 fully saturated rings. The minimum absolute atomic E-state index is 0.00283. The second kappa shape index (κ2) is 5.04. The average Bonchev–Trinajstić information content (AvgIpc) is 2.56. The molecule has 1 heterocycles. The van der Waals surface area contributed by atoms with Crippen LogP contribution in [0.2, 0.25) is 0 Å². The van der Waals surface area contributed by atoms with Gasteiger partial charge in [0.05, 0.1) is 18.4 Å². The first-order valence-corrected chi connectivity index (χ1v) is 6.43. The smallest absolute Gasteiger partial charge is 0.334 e. The van der Waals surface area contributed by atoms with Crippen LogP contribution in [0, 0.1) is 29.1 Å². The van der Waals surface area contributed by atoms with Crippen LogP contribution in [0.25, 0.3) is 0 Å². The van der Waals surface area contributed by atoms with E-state index in [1.54, 1.807) is 0 Å². The number of carbonyl (C=O) groups is 2. The van der Waals surface area contributed by atoms with Crippen LogP contribution in [0.1, 0.15) is 26.7 Å². The van der Waals surface area contributed by atoms with Gasteiger partial charge in [0.1, 0.15) is 6.10 Å². The van der Waals surface area contributed by atoms with Crippen molar-refractivity contribution in [2.75, 3.05) is 0 Å². The Labute approximate surface area is 112 Å². The number of rotatable bonds is 3. The van der Waals surface area contributed by atoms with E-state index in [1.807, 2.05) is 13.8 Å². The Morgan fingerprint density at radius 2 is 2.26 bits per heavy atom. The predicted molar refractivity (Wildman–Crippen MR) is 65.6 cm³/mol. The third kappa shape index (κ3) is 2.48. The van der Waals surface area contributed by atoms with E-state index in [9.17, 15) is 9.59 Å². The highest BCUT2D eigenvalue weighted by Gasteiger charge is 2.52. The second-order valence-corrected chi connectivity index (χ2v) is 5.44. The molecule has 19 heavy (non-hydrogen) atoms. The normalized spacial score (nSPS) is 32.6. The first-order chi connectivity index (χ1) is 8.93. The van der Waals surface area contributed by atoms with Gasteiger partial charge in [0, 0.05) is 11.5 Å². The number of fused-ring (bicyclic) bond motifs is 2. The fourth-order valence-electron chi connectivity index (χ4n) is 2.58. The lowest BCUT2D eigenvalue weighted by Gasteiger charge is -2.29. The summed E-state index contributed by atoms with van der Waals surface area (Å²) >= 11 is 0. The predicted octanol–water partition coefficient (Wildman–Crippen LogP) is 1.59. The lowest BCUT2D eigenvalue weighted by Crippen LogP contribution is -2.42. The number of ether oxygens (including phenoxy) is 2. The van der Waals surface area contributed by atoms with E-state index in [1.165, 1.54) is 0 Å². The van der Waals surface area contributed by atoms with Gasteiger partial charge < -0.3 is 9.47 Å². The molecule has 5 heteroatoms. The molecule has 1 aliphatic heterocycles. The Morgan fingerprint density at radius 1 is 1.58 bits per heavy atom. The van der Waals surface area contributed by atoms with Gasteiger partial charge >= 0.3 is 11.9 Å². The molecule has 4 unspecified atom stereocenters. The summed E-state index contributed by atoms with van der Waals surface area (Å²) in [5.74, 6) is -1.28. The third-order valence-electron chi connectivity index (χ3n) is 3.81. The minimum Gasteiger partial charge on any atom is -0.457 e. The van der Waals surface area contributed by atoms with Crippen LogP contribution in [0.3, 0.4) is 0 Å². The lowest BCUT2D eigenvalue weighted by molar-refractivity contribution is -0.176. The highest BCUT2D eigenvalue weighted by atomic mass is 16.6. The van der Waals surface area contributed by atoms with Gasteiger partial charge in [0.25, 0.3) is 0 Å². The minimum atomic E-state index is -0.625. The number of carbonyl (C=O) groups excluding carboxylic acids is 2. The maximum Gasteiger partial charge on any atom is 0.334 e. The monoisotopic (exact) mass is 263 g/mol. The Hall–Kier alpha value is -1.83. The zero-order valence-electron chi connectivity index (χ0n) is 11.1. The second-order valence-electron chi connectivity index (χ2n) is 5.44. The van der Waals surface area contributed by atoms with Crippen molar-refractivity contribution >= 4 is 11.9 Å². The first-order valence-electron chi connectivity index (χ1n) is 6.43. The largest absolute Gasteiger partial charge is 0.457 e. The van der Waals surface area contributed by atoms with Crippen molar-refractivity contribution in [3.63, 3.8) is 0 Å². The van der Waals surface area contributed by atoms with E-state index in [4.69, 9.17) is 14.7 Å². The van der Waals surface area contributed by atoms with E-state index < -0.39 is 18.2 Å². The molecule has 0 radical (unpaired) electrons. The Bertz CT molecular complexity index is 463. The summed E-state index contributed by atoms with van der Waals surface area (Å²) in [6.45, 7) is 7.41. The van der Waals surface area contributed by atoms with Crippen LogP contribution in [0.15, 0.2) is 12.2 Å².